The van der Waals surface area contributed by atoms with E-state index in [9.17, 15) is 5.11 Å². The first kappa shape index (κ1) is 35.4. The number of rotatable bonds is 14. The van der Waals surface area contributed by atoms with Crippen LogP contribution < -0.4 is 4.74 Å². The Hall–Kier alpha value is -4.04. The molecule has 266 valence electrons. The molecule has 0 spiro atoms. The van der Waals surface area contributed by atoms with Gasteiger partial charge in [0.25, 0.3) is 0 Å². The number of hydrogen-bond donors (Lipinski definition) is 1. The van der Waals surface area contributed by atoms with E-state index in [1.807, 2.05) is 18.2 Å². The monoisotopic (exact) mass is 678 g/mol. The largest absolute Gasteiger partial charge is 0.507 e. The first-order valence-corrected chi connectivity index (χ1v) is 19.9. The Morgan fingerprint density at radius 3 is 1.84 bits per heavy atom. The molecule has 0 amide bonds. The lowest BCUT2D eigenvalue weighted by Crippen LogP contribution is -2.31. The summed E-state index contributed by atoms with van der Waals surface area (Å²) in [5, 5.41) is 13.1. The maximum absolute atomic E-state index is 11.2. The maximum atomic E-state index is 11.2. The Balaban J connectivity index is 1.38. The highest BCUT2D eigenvalue weighted by atomic mass is 16.5. The number of benzene rings is 5. The molecule has 0 saturated carbocycles. The molecule has 2 aliphatic rings. The lowest BCUT2D eigenvalue weighted by Gasteiger charge is -2.39. The van der Waals surface area contributed by atoms with Gasteiger partial charge in [0.15, 0.2) is 0 Å². The van der Waals surface area contributed by atoms with Crippen LogP contribution in [0.2, 0.25) is 0 Å². The second-order valence-electron chi connectivity index (χ2n) is 16.2. The minimum Gasteiger partial charge on any atom is -0.507 e. The summed E-state index contributed by atoms with van der Waals surface area (Å²) >= 11 is 0. The average molecular weight is 679 g/mol. The molecule has 0 heterocycles. The van der Waals surface area contributed by atoms with Crippen LogP contribution in [0.4, 0.5) is 0 Å². The van der Waals surface area contributed by atoms with E-state index in [0.29, 0.717) is 17.6 Å². The van der Waals surface area contributed by atoms with E-state index in [2.05, 4.69) is 108 Å². The molecular weight excluding hydrogens is 621 g/mol. The van der Waals surface area contributed by atoms with Crippen molar-refractivity contribution in [2.75, 3.05) is 7.11 Å². The van der Waals surface area contributed by atoms with E-state index < -0.39 is 0 Å². The van der Waals surface area contributed by atoms with Gasteiger partial charge in [-0.3, -0.25) is 0 Å². The van der Waals surface area contributed by atoms with Crippen LogP contribution in [0.5, 0.6) is 11.5 Å². The average Bonchev–Trinajstić information content (AvgIpc) is 3.55. The third-order valence-electron chi connectivity index (χ3n) is 12.9. The van der Waals surface area contributed by atoms with Gasteiger partial charge >= 0.3 is 0 Å². The van der Waals surface area contributed by atoms with Crippen molar-refractivity contribution in [1.82, 2.24) is 0 Å². The molecule has 2 unspecified atom stereocenters. The van der Waals surface area contributed by atoms with Gasteiger partial charge in [0, 0.05) is 16.2 Å². The summed E-state index contributed by atoms with van der Waals surface area (Å²) in [6.45, 7) is 14.1. The molecule has 0 radical (unpaired) electrons. The highest BCUT2D eigenvalue weighted by molar-refractivity contribution is 6.06. The molecule has 2 aliphatic carbocycles. The van der Waals surface area contributed by atoms with Gasteiger partial charge in [-0.2, -0.15) is 0 Å². The van der Waals surface area contributed by atoms with E-state index in [-0.39, 0.29) is 10.8 Å². The quantitative estimate of drug-likeness (QED) is 0.127. The topological polar surface area (TPSA) is 29.5 Å². The van der Waals surface area contributed by atoms with Gasteiger partial charge in [0.05, 0.1) is 7.11 Å². The predicted octanol–water partition coefficient (Wildman–Crippen LogP) is 14.0. The van der Waals surface area contributed by atoms with E-state index in [1.54, 1.807) is 18.2 Å². The molecule has 2 heteroatoms. The van der Waals surface area contributed by atoms with Crippen LogP contribution in [0.25, 0.3) is 44.2 Å². The number of ether oxygens (including phenoxy) is 1. The van der Waals surface area contributed by atoms with Crippen molar-refractivity contribution < 1.29 is 9.84 Å². The molecule has 2 atom stereocenters. The normalized spacial score (nSPS) is 17.9. The van der Waals surface area contributed by atoms with Crippen molar-refractivity contribution in [1.29, 1.82) is 0 Å². The zero-order valence-electron chi connectivity index (χ0n) is 32.2. The van der Waals surface area contributed by atoms with E-state index in [4.69, 9.17) is 4.74 Å². The van der Waals surface area contributed by atoms with Gasteiger partial charge in [0.2, 0.25) is 0 Å². The number of hydrogen-bond acceptors (Lipinski definition) is 2. The molecule has 0 bridgehead atoms. The summed E-state index contributed by atoms with van der Waals surface area (Å²) in [5.41, 5.74) is 13.3. The molecule has 2 nitrogen and oxygen atoms in total. The second-order valence-corrected chi connectivity index (χ2v) is 16.2. The van der Waals surface area contributed by atoms with Crippen LogP contribution >= 0.6 is 0 Å². The van der Waals surface area contributed by atoms with E-state index in [0.717, 1.165) is 16.5 Å². The zero-order valence-corrected chi connectivity index (χ0v) is 32.2. The fourth-order valence-electron chi connectivity index (χ4n) is 9.93. The van der Waals surface area contributed by atoms with Gasteiger partial charge in [-0.1, -0.05) is 141 Å². The number of unbranched alkanes of at least 4 members (excludes halogenated alkanes) is 2. The molecule has 5 aromatic carbocycles. The van der Waals surface area contributed by atoms with Crippen LogP contribution in [0.15, 0.2) is 84.9 Å². The van der Waals surface area contributed by atoms with Crippen molar-refractivity contribution in [2.45, 2.75) is 117 Å². The molecule has 0 fully saturated rings. The Labute approximate surface area is 307 Å². The Kier molecular flexibility index (Phi) is 9.83. The summed E-state index contributed by atoms with van der Waals surface area (Å²) in [5.74, 6) is 2.55. The number of fused-ring (bicyclic) bond motifs is 8. The predicted molar refractivity (Wildman–Crippen MR) is 217 cm³/mol. The maximum Gasteiger partial charge on any atom is 0.123 e. The standard InChI is InChI=1S/C49H58O2/c1-8-12-16-32(10-3)30-49(31-33(11-4)17-13-9-2)42-19-15-14-18-37(42)38-23-20-35(27-44(38)49)34-21-24-40-43(26-34)48(5,6)45-29-46(50)39-25-22-36(51-7)28-41(39)47(40)45/h14-15,18-29,32-33,50H,8-13,16-17,30-31H2,1-7H3. The van der Waals surface area contributed by atoms with Crippen LogP contribution in [0.1, 0.15) is 128 Å². The fourth-order valence-corrected chi connectivity index (χ4v) is 9.93. The number of phenols is 1. The van der Waals surface area contributed by atoms with Crippen LogP contribution in [-0.4, -0.2) is 12.2 Å². The molecular formula is C49H58O2. The molecule has 7 rings (SSSR count). The first-order valence-electron chi connectivity index (χ1n) is 19.9. The van der Waals surface area contributed by atoms with Crippen molar-refractivity contribution in [3.05, 3.63) is 107 Å². The molecule has 0 aromatic heterocycles. The third kappa shape index (κ3) is 5.97. The fraction of sp³-hybridized carbons (Fsp3) is 0.429. The van der Waals surface area contributed by atoms with Crippen molar-refractivity contribution in [2.24, 2.45) is 11.8 Å². The SMILES string of the molecule is CCCCC(CC)CC1(CC(CC)CCCC)c2ccccc2-c2ccc(-c3ccc4c(c3)C(C)(C)c3cc(O)c5ccc(OC)cc5c3-4)cc21. The smallest absolute Gasteiger partial charge is 0.123 e. The highest BCUT2D eigenvalue weighted by Gasteiger charge is 2.45. The zero-order chi connectivity index (χ0) is 35.9. The molecule has 0 saturated heterocycles. The summed E-state index contributed by atoms with van der Waals surface area (Å²) in [7, 11) is 1.71. The number of phenolic OH excluding ortho intramolecular Hbond substituents is 1. The Morgan fingerprint density at radius 1 is 0.608 bits per heavy atom. The van der Waals surface area contributed by atoms with Gasteiger partial charge in [0.1, 0.15) is 11.5 Å². The lowest BCUT2D eigenvalue weighted by molar-refractivity contribution is 0.266. The van der Waals surface area contributed by atoms with Crippen LogP contribution in [-0.2, 0) is 10.8 Å². The minimum absolute atomic E-state index is 0.0203. The Morgan fingerprint density at radius 2 is 1.22 bits per heavy atom. The summed E-state index contributed by atoms with van der Waals surface area (Å²) < 4.78 is 5.63. The second kappa shape index (κ2) is 14.2. The highest BCUT2D eigenvalue weighted by Crippen LogP contribution is 2.58. The van der Waals surface area contributed by atoms with Gasteiger partial charge < -0.3 is 9.84 Å². The number of aromatic hydroxyl groups is 1. The molecule has 0 aliphatic heterocycles. The van der Waals surface area contributed by atoms with Gasteiger partial charge in [-0.05, 0) is 122 Å². The molecule has 5 aromatic rings. The van der Waals surface area contributed by atoms with Gasteiger partial charge in [-0.25, -0.2) is 0 Å². The summed E-state index contributed by atoms with van der Waals surface area (Å²) in [6, 6.07) is 31.9. The number of methoxy groups -OCH3 is 1. The van der Waals surface area contributed by atoms with Crippen LogP contribution in [0, 0.1) is 11.8 Å². The minimum atomic E-state index is -0.257. The first-order chi connectivity index (χ1) is 24.7. The van der Waals surface area contributed by atoms with Crippen LogP contribution in [0.3, 0.4) is 0 Å². The van der Waals surface area contributed by atoms with Gasteiger partial charge in [-0.15, -0.1) is 0 Å². The summed E-state index contributed by atoms with van der Waals surface area (Å²) in [6.07, 6.45) is 12.7. The van der Waals surface area contributed by atoms with E-state index in [1.165, 1.54) is 109 Å². The Bertz CT molecular complexity index is 2030. The molecule has 1 N–H and O–H groups in total. The molecule has 51 heavy (non-hydrogen) atoms. The van der Waals surface area contributed by atoms with Crippen molar-refractivity contribution in [3.8, 4) is 44.9 Å². The summed E-state index contributed by atoms with van der Waals surface area (Å²) in [4.78, 5) is 0. The van der Waals surface area contributed by atoms with Crippen molar-refractivity contribution in [3.63, 3.8) is 0 Å². The lowest BCUT2D eigenvalue weighted by atomic mass is 9.65. The third-order valence-corrected chi connectivity index (χ3v) is 12.9. The van der Waals surface area contributed by atoms with Crippen molar-refractivity contribution >= 4 is 10.8 Å². The van der Waals surface area contributed by atoms with E-state index >= 15 is 0 Å².